The van der Waals surface area contributed by atoms with Gasteiger partial charge in [-0.25, -0.2) is 0 Å². The molecule has 268 valence electrons. The smallest absolute Gasteiger partial charge is 0.307 e. The van der Waals surface area contributed by atoms with E-state index in [0.29, 0.717) is 6.42 Å². The van der Waals surface area contributed by atoms with Crippen molar-refractivity contribution in [3.8, 4) is 0 Å². The molecule has 0 bridgehead atoms. The van der Waals surface area contributed by atoms with Crippen molar-refractivity contribution in [2.75, 3.05) is 19.8 Å². The van der Waals surface area contributed by atoms with E-state index in [-0.39, 0.29) is 38.6 Å². The molecule has 1 amide bonds. The maximum absolute atomic E-state index is 12.5. The van der Waals surface area contributed by atoms with Gasteiger partial charge in [0.05, 0.1) is 6.42 Å². The van der Waals surface area contributed by atoms with Crippen molar-refractivity contribution in [1.82, 2.24) is 5.32 Å². The van der Waals surface area contributed by atoms with Crippen LogP contribution in [0, 0.1) is 0 Å². The molecule has 0 heterocycles. The van der Waals surface area contributed by atoms with Crippen molar-refractivity contribution in [1.29, 1.82) is 0 Å². The highest BCUT2D eigenvalue weighted by Crippen LogP contribution is 2.14. The Bertz CT molecular complexity index is 800. The van der Waals surface area contributed by atoms with Crippen molar-refractivity contribution < 1.29 is 38.2 Å². The van der Waals surface area contributed by atoms with E-state index in [2.05, 4.69) is 19.2 Å². The lowest BCUT2D eigenvalue weighted by molar-refractivity contribution is -0.166. The first-order valence-electron chi connectivity index (χ1n) is 18.6. The number of carbonyl (C=O) groups is 5. The molecule has 0 saturated carbocycles. The van der Waals surface area contributed by atoms with E-state index in [1.807, 2.05) is 0 Å². The molecule has 9 nitrogen and oxygen atoms in total. The lowest BCUT2D eigenvalue weighted by Crippen LogP contribution is -2.33. The molecule has 0 spiro atoms. The van der Waals surface area contributed by atoms with E-state index < -0.39 is 29.7 Å². The van der Waals surface area contributed by atoms with Crippen LogP contribution in [0.25, 0.3) is 0 Å². The molecule has 1 N–H and O–H groups in total. The second-order valence-electron chi connectivity index (χ2n) is 12.6. The molecule has 46 heavy (non-hydrogen) atoms. The summed E-state index contributed by atoms with van der Waals surface area (Å²) in [4.78, 5) is 59.3. The average molecular weight is 654 g/mol. The highest BCUT2D eigenvalue weighted by molar-refractivity contribution is 6.35. The van der Waals surface area contributed by atoms with Gasteiger partial charge < -0.3 is 19.5 Å². The summed E-state index contributed by atoms with van der Waals surface area (Å²) in [7, 11) is 0. The van der Waals surface area contributed by atoms with Gasteiger partial charge in [-0.05, 0) is 12.8 Å². The highest BCUT2D eigenvalue weighted by Gasteiger charge is 2.20. The van der Waals surface area contributed by atoms with Gasteiger partial charge in [-0.15, -0.1) is 0 Å². The van der Waals surface area contributed by atoms with Gasteiger partial charge in [0.15, 0.2) is 6.10 Å². The molecular formula is C37H67NO8. The van der Waals surface area contributed by atoms with Crippen LogP contribution in [0.15, 0.2) is 0 Å². The number of ketones is 1. The van der Waals surface area contributed by atoms with Crippen molar-refractivity contribution in [2.45, 2.75) is 187 Å². The quantitative estimate of drug-likeness (QED) is 0.0324. The monoisotopic (exact) mass is 653 g/mol. The molecule has 0 aromatic rings. The topological polar surface area (TPSA) is 125 Å². The van der Waals surface area contributed by atoms with Crippen molar-refractivity contribution >= 4 is 29.6 Å². The lowest BCUT2D eigenvalue weighted by atomic mass is 10.1. The van der Waals surface area contributed by atoms with Gasteiger partial charge in [0.1, 0.15) is 13.2 Å². The average Bonchev–Trinajstić information content (AvgIpc) is 3.03. The van der Waals surface area contributed by atoms with Crippen LogP contribution in [0.1, 0.15) is 181 Å². The number of nitrogens with one attached hydrogen (secondary N) is 1. The summed E-state index contributed by atoms with van der Waals surface area (Å²) >= 11 is 0. The van der Waals surface area contributed by atoms with Gasteiger partial charge in [0, 0.05) is 26.3 Å². The third-order valence-electron chi connectivity index (χ3n) is 8.06. The summed E-state index contributed by atoms with van der Waals surface area (Å²) in [5.41, 5.74) is 0. The Labute approximate surface area is 280 Å². The largest absolute Gasteiger partial charge is 0.462 e. The zero-order chi connectivity index (χ0) is 34.1. The zero-order valence-electron chi connectivity index (χ0n) is 29.6. The van der Waals surface area contributed by atoms with Crippen LogP contribution in [-0.2, 0) is 38.2 Å². The Balaban J connectivity index is 4.36. The second kappa shape index (κ2) is 32.5. The molecular weight excluding hydrogens is 586 g/mol. The van der Waals surface area contributed by atoms with Crippen LogP contribution in [0.5, 0.6) is 0 Å². The minimum absolute atomic E-state index is 0.0471. The Morgan fingerprint density at radius 3 is 1.22 bits per heavy atom. The second-order valence-corrected chi connectivity index (χ2v) is 12.6. The summed E-state index contributed by atoms with van der Waals surface area (Å²) in [5.74, 6) is -2.81. The van der Waals surface area contributed by atoms with Crippen LogP contribution in [0.3, 0.4) is 0 Å². The maximum atomic E-state index is 12.5. The number of hydrogen-bond acceptors (Lipinski definition) is 8. The van der Waals surface area contributed by atoms with Crippen molar-refractivity contribution in [3.63, 3.8) is 0 Å². The summed E-state index contributed by atoms with van der Waals surface area (Å²) < 4.78 is 16.1. The number of Topliss-reactive ketones (excluding diaryl/α,β-unsaturated/α-hetero) is 1. The Morgan fingerprint density at radius 1 is 0.478 bits per heavy atom. The maximum Gasteiger partial charge on any atom is 0.307 e. The molecule has 9 heteroatoms. The molecule has 0 unspecified atom stereocenters. The Morgan fingerprint density at radius 2 is 0.826 bits per heavy atom. The van der Waals surface area contributed by atoms with Crippen LogP contribution in [0.4, 0.5) is 0 Å². The van der Waals surface area contributed by atoms with Crippen LogP contribution in [0.2, 0.25) is 0 Å². The Kier molecular flexibility index (Phi) is 30.8. The fourth-order valence-corrected chi connectivity index (χ4v) is 5.15. The molecule has 0 radical (unpaired) electrons. The standard InChI is InChI=1S/C37H67NO8/c1-4-6-8-10-12-14-16-18-20-22-24-26-34(40)44-30-33(31-45-35(41)28-29-38-37(43)32(3)39)46-36(42)27-25-23-21-19-17-15-13-11-9-7-5-2/h33H,4-31H2,1-3H3,(H,38,43)/t33-/m1/s1. The van der Waals surface area contributed by atoms with E-state index >= 15 is 0 Å². The molecule has 0 aliphatic rings. The number of ether oxygens (including phenoxy) is 3. The molecule has 0 saturated heterocycles. The third kappa shape index (κ3) is 30.2. The molecule has 0 aromatic carbocycles. The molecule has 0 fully saturated rings. The number of rotatable bonds is 33. The van der Waals surface area contributed by atoms with Gasteiger partial charge in [-0.3, -0.25) is 24.0 Å². The Hall–Kier alpha value is -2.45. The predicted molar refractivity (Wildman–Crippen MR) is 182 cm³/mol. The summed E-state index contributed by atoms with van der Waals surface area (Å²) in [6.07, 6.45) is 25.6. The van der Waals surface area contributed by atoms with Crippen molar-refractivity contribution in [3.05, 3.63) is 0 Å². The number of amides is 1. The van der Waals surface area contributed by atoms with Gasteiger partial charge in [-0.2, -0.15) is 0 Å². The van der Waals surface area contributed by atoms with E-state index in [0.717, 1.165) is 45.4 Å². The van der Waals surface area contributed by atoms with Gasteiger partial charge in [-0.1, -0.05) is 142 Å². The number of hydrogen-bond donors (Lipinski definition) is 1. The van der Waals surface area contributed by atoms with Gasteiger partial charge >= 0.3 is 17.9 Å². The van der Waals surface area contributed by atoms with Crippen molar-refractivity contribution in [2.24, 2.45) is 0 Å². The summed E-state index contributed by atoms with van der Waals surface area (Å²) in [5, 5.41) is 2.33. The minimum atomic E-state index is -0.905. The minimum Gasteiger partial charge on any atom is -0.462 e. The first kappa shape index (κ1) is 43.5. The molecule has 0 aliphatic carbocycles. The normalized spacial score (nSPS) is 11.5. The molecule has 1 atom stereocenters. The number of esters is 3. The van der Waals surface area contributed by atoms with Crippen LogP contribution < -0.4 is 5.32 Å². The van der Waals surface area contributed by atoms with Crippen LogP contribution >= 0.6 is 0 Å². The molecule has 0 rings (SSSR count). The number of carbonyl (C=O) groups excluding carboxylic acids is 5. The fraction of sp³-hybridized carbons (Fsp3) is 0.865. The molecule has 0 aliphatic heterocycles. The highest BCUT2D eigenvalue weighted by atomic mass is 16.6. The lowest BCUT2D eigenvalue weighted by Gasteiger charge is -2.18. The van der Waals surface area contributed by atoms with E-state index in [9.17, 15) is 24.0 Å². The first-order valence-corrected chi connectivity index (χ1v) is 18.6. The van der Waals surface area contributed by atoms with Crippen LogP contribution in [-0.4, -0.2) is 55.5 Å². The predicted octanol–water partition coefficient (Wildman–Crippen LogP) is 8.48. The van der Waals surface area contributed by atoms with Gasteiger partial charge in [0.25, 0.3) is 5.91 Å². The zero-order valence-corrected chi connectivity index (χ0v) is 29.6. The van der Waals surface area contributed by atoms with E-state index in [1.54, 1.807) is 0 Å². The molecule has 0 aromatic heterocycles. The fourth-order valence-electron chi connectivity index (χ4n) is 5.15. The SMILES string of the molecule is CCCCCCCCCCCCCC(=O)OC[C@H](COC(=O)CCNC(=O)C(C)=O)OC(=O)CCCCCCCCCCCCC. The summed E-state index contributed by atoms with van der Waals surface area (Å²) in [6.45, 7) is 5.11. The first-order chi connectivity index (χ1) is 22.3. The number of unbranched alkanes of at least 4 members (excludes halogenated alkanes) is 20. The summed E-state index contributed by atoms with van der Waals surface area (Å²) in [6, 6.07) is 0. The van der Waals surface area contributed by atoms with E-state index in [4.69, 9.17) is 14.2 Å². The van der Waals surface area contributed by atoms with E-state index in [1.165, 1.54) is 103 Å². The van der Waals surface area contributed by atoms with Gasteiger partial charge in [0.2, 0.25) is 5.78 Å². The third-order valence-corrected chi connectivity index (χ3v) is 8.06.